The van der Waals surface area contributed by atoms with Gasteiger partial charge in [0.05, 0.1) is 5.03 Å². The molecule has 1 N–H and O–H groups in total. The maximum absolute atomic E-state index is 11.9. The molecule has 0 saturated heterocycles. The Balaban J connectivity index is 2.31. The lowest BCUT2D eigenvalue weighted by Gasteiger charge is -2.33. The second-order valence-electron chi connectivity index (χ2n) is 3.93. The van der Waals surface area contributed by atoms with Crippen LogP contribution in [0.25, 0.3) is 0 Å². The minimum Gasteiger partial charge on any atom is -0.480 e. The van der Waals surface area contributed by atoms with Crippen LogP contribution in [0, 0.1) is 0 Å². The number of halogens is 1. The Morgan fingerprint density at radius 2 is 2.33 bits per heavy atom. The van der Waals surface area contributed by atoms with Crippen molar-refractivity contribution < 1.29 is 14.7 Å². The Morgan fingerprint density at radius 3 is 2.94 bits per heavy atom. The van der Waals surface area contributed by atoms with Crippen LogP contribution in [0.5, 0.6) is 0 Å². The molecule has 96 valence electrons. The van der Waals surface area contributed by atoms with Gasteiger partial charge in [-0.1, -0.05) is 18.5 Å². The summed E-state index contributed by atoms with van der Waals surface area (Å²) in [4.78, 5) is 24.5. The minimum absolute atomic E-state index is 0.0448. The number of aliphatic carboxylic acids is 1. The predicted molar refractivity (Wildman–Crippen MR) is 65.8 cm³/mol. The van der Waals surface area contributed by atoms with Gasteiger partial charge in [0.15, 0.2) is 11.9 Å². The maximum Gasteiger partial charge on any atom is 0.328 e. The lowest BCUT2D eigenvalue weighted by Crippen LogP contribution is -2.51. The lowest BCUT2D eigenvalue weighted by molar-refractivity contribution is -0.151. The van der Waals surface area contributed by atoms with E-state index >= 15 is 0 Å². The smallest absolute Gasteiger partial charge is 0.328 e. The molecule has 0 aromatic carbocycles. The summed E-state index contributed by atoms with van der Waals surface area (Å²) in [6.45, 7) is 1.75. The molecule has 2 aliphatic rings. The molecule has 1 atom stereocenters. The summed E-state index contributed by atoms with van der Waals surface area (Å²) in [6.07, 6.45) is 5.19. The van der Waals surface area contributed by atoms with Crippen molar-refractivity contribution >= 4 is 29.3 Å². The molecule has 7 heteroatoms. The van der Waals surface area contributed by atoms with Crippen molar-refractivity contribution in [2.45, 2.75) is 19.4 Å². The summed E-state index contributed by atoms with van der Waals surface area (Å²) in [5.41, 5.74) is 0. The van der Waals surface area contributed by atoms with E-state index in [4.69, 9.17) is 16.7 Å². The van der Waals surface area contributed by atoms with Crippen LogP contribution in [-0.2, 0) is 9.59 Å². The molecular weight excluding hydrogens is 258 g/mol. The van der Waals surface area contributed by atoms with Crippen molar-refractivity contribution in [3.05, 3.63) is 23.4 Å². The Labute approximate surface area is 109 Å². The fraction of sp³-hybridized carbons (Fsp3) is 0.364. The summed E-state index contributed by atoms with van der Waals surface area (Å²) in [5, 5.41) is 14.7. The zero-order valence-electron chi connectivity index (χ0n) is 9.71. The van der Waals surface area contributed by atoms with Gasteiger partial charge in [0, 0.05) is 6.20 Å². The molecule has 1 amide bonds. The zero-order valence-corrected chi connectivity index (χ0v) is 10.5. The molecule has 0 saturated carbocycles. The van der Waals surface area contributed by atoms with Crippen LogP contribution in [0.4, 0.5) is 0 Å². The molecule has 0 aromatic rings. The number of rotatable bonds is 3. The Kier molecular flexibility index (Phi) is 3.38. The van der Waals surface area contributed by atoms with Gasteiger partial charge in [-0.05, 0) is 18.6 Å². The third-order valence-corrected chi connectivity index (χ3v) is 2.93. The van der Waals surface area contributed by atoms with Crippen LogP contribution in [0.1, 0.15) is 13.3 Å². The minimum atomic E-state index is -1.06. The van der Waals surface area contributed by atoms with Crippen molar-refractivity contribution in [2.75, 3.05) is 6.54 Å². The molecule has 0 aromatic heterocycles. The van der Waals surface area contributed by atoms with Gasteiger partial charge in [-0.2, -0.15) is 5.10 Å². The summed E-state index contributed by atoms with van der Waals surface area (Å²) in [5.74, 6) is -0.903. The van der Waals surface area contributed by atoms with Crippen molar-refractivity contribution in [1.29, 1.82) is 0 Å². The van der Waals surface area contributed by atoms with Crippen LogP contribution >= 0.6 is 11.6 Å². The van der Waals surface area contributed by atoms with Crippen LogP contribution < -0.4 is 0 Å². The number of fused-ring (bicyclic) bond motifs is 1. The second-order valence-corrected chi connectivity index (χ2v) is 4.37. The molecule has 1 unspecified atom stereocenters. The number of carboxylic acid groups (broad SMARTS) is 1. The highest BCUT2D eigenvalue weighted by atomic mass is 35.5. The predicted octanol–water partition coefficient (Wildman–Crippen LogP) is 0.957. The molecule has 0 spiro atoms. The number of nitrogens with zero attached hydrogens (tertiary/aromatic N) is 3. The van der Waals surface area contributed by atoms with E-state index in [2.05, 4.69) is 5.10 Å². The Morgan fingerprint density at radius 1 is 1.61 bits per heavy atom. The van der Waals surface area contributed by atoms with Crippen LogP contribution in [0.3, 0.4) is 0 Å². The fourth-order valence-corrected chi connectivity index (χ4v) is 1.99. The highest BCUT2D eigenvalue weighted by molar-refractivity contribution is 6.32. The molecule has 0 radical (unpaired) electrons. The van der Waals surface area contributed by atoms with E-state index in [0.29, 0.717) is 17.3 Å². The molecular formula is C11H12ClN3O3. The monoisotopic (exact) mass is 269 g/mol. The van der Waals surface area contributed by atoms with Crippen molar-refractivity contribution in [2.24, 2.45) is 5.10 Å². The van der Waals surface area contributed by atoms with E-state index in [1.807, 2.05) is 0 Å². The summed E-state index contributed by atoms with van der Waals surface area (Å²) in [7, 11) is 0. The maximum atomic E-state index is 11.9. The first-order valence-corrected chi connectivity index (χ1v) is 5.86. The standard InChI is InChI=1S/C11H12ClN3O3/c1-2-8(11(17)18)15-10(16)6-14-5-7(12)3-4-9(14)13-15/h3-5,8H,2,6H2,1H3,(H,17,18). The molecule has 2 aliphatic heterocycles. The Hall–Kier alpha value is -1.82. The number of carboxylic acids is 1. The molecule has 18 heavy (non-hydrogen) atoms. The highest BCUT2D eigenvalue weighted by Crippen LogP contribution is 2.19. The molecule has 0 fully saturated rings. The third kappa shape index (κ3) is 2.24. The molecule has 6 nitrogen and oxygen atoms in total. The quantitative estimate of drug-likeness (QED) is 0.828. The number of amidine groups is 1. The average molecular weight is 270 g/mol. The number of carbonyl (C=O) groups excluding carboxylic acids is 1. The summed E-state index contributed by atoms with van der Waals surface area (Å²) in [6, 6.07) is -0.929. The van der Waals surface area contributed by atoms with Gasteiger partial charge < -0.3 is 10.0 Å². The van der Waals surface area contributed by atoms with Gasteiger partial charge in [-0.3, -0.25) is 4.79 Å². The highest BCUT2D eigenvalue weighted by Gasteiger charge is 2.33. The van der Waals surface area contributed by atoms with Gasteiger partial charge >= 0.3 is 5.97 Å². The number of allylic oxidation sites excluding steroid dienone is 2. The van der Waals surface area contributed by atoms with Crippen molar-refractivity contribution in [3.63, 3.8) is 0 Å². The van der Waals surface area contributed by atoms with Gasteiger partial charge in [0.25, 0.3) is 5.91 Å². The SMILES string of the molecule is CCC(C(=O)O)N1N=C2C=CC(Cl)=CN2CC1=O. The largest absolute Gasteiger partial charge is 0.480 e. The third-order valence-electron chi connectivity index (χ3n) is 2.70. The van der Waals surface area contributed by atoms with E-state index in [1.54, 1.807) is 30.2 Å². The van der Waals surface area contributed by atoms with E-state index in [9.17, 15) is 9.59 Å². The van der Waals surface area contributed by atoms with E-state index < -0.39 is 12.0 Å². The van der Waals surface area contributed by atoms with Crippen LogP contribution in [0.15, 0.2) is 28.5 Å². The lowest BCUT2D eigenvalue weighted by atomic mass is 10.2. The number of hydrogen-bond donors (Lipinski definition) is 1. The van der Waals surface area contributed by atoms with Gasteiger partial charge in [-0.25, -0.2) is 9.80 Å². The van der Waals surface area contributed by atoms with E-state index in [-0.39, 0.29) is 12.5 Å². The fourth-order valence-electron chi connectivity index (χ4n) is 1.81. The van der Waals surface area contributed by atoms with E-state index in [0.717, 1.165) is 5.01 Å². The van der Waals surface area contributed by atoms with E-state index in [1.165, 1.54) is 0 Å². The summed E-state index contributed by atoms with van der Waals surface area (Å²) < 4.78 is 0. The topological polar surface area (TPSA) is 73.2 Å². The molecule has 0 bridgehead atoms. The summed E-state index contributed by atoms with van der Waals surface area (Å²) >= 11 is 5.82. The second kappa shape index (κ2) is 4.81. The zero-order chi connectivity index (χ0) is 13.3. The molecule has 2 rings (SSSR count). The van der Waals surface area contributed by atoms with Crippen LogP contribution in [0.2, 0.25) is 0 Å². The first-order valence-electron chi connectivity index (χ1n) is 5.48. The number of carbonyl (C=O) groups is 2. The Bertz CT molecular complexity index is 484. The van der Waals surface area contributed by atoms with Crippen LogP contribution in [-0.4, -0.2) is 45.3 Å². The van der Waals surface area contributed by atoms with Gasteiger partial charge in [0.2, 0.25) is 0 Å². The number of hydrogen-bond acceptors (Lipinski definition) is 4. The molecule has 2 heterocycles. The first kappa shape index (κ1) is 12.6. The van der Waals surface area contributed by atoms with Crippen molar-refractivity contribution in [3.8, 4) is 0 Å². The first-order chi connectivity index (χ1) is 8.52. The average Bonchev–Trinajstić information content (AvgIpc) is 2.30. The van der Waals surface area contributed by atoms with Gasteiger partial charge in [-0.15, -0.1) is 0 Å². The number of amides is 1. The van der Waals surface area contributed by atoms with Crippen molar-refractivity contribution in [1.82, 2.24) is 9.91 Å². The normalized spacial score (nSPS) is 20.2. The number of hydrazone groups is 1. The van der Waals surface area contributed by atoms with Gasteiger partial charge in [0.1, 0.15) is 6.54 Å². The molecule has 0 aliphatic carbocycles.